The van der Waals surface area contributed by atoms with E-state index in [0.717, 1.165) is 44.9 Å². The number of rotatable bonds is 6. The van der Waals surface area contributed by atoms with Crippen molar-refractivity contribution < 1.29 is 4.74 Å². The quantitative estimate of drug-likeness (QED) is 0.805. The van der Waals surface area contributed by atoms with Crippen molar-refractivity contribution in [3.63, 3.8) is 0 Å². The van der Waals surface area contributed by atoms with Gasteiger partial charge in [0, 0.05) is 25.2 Å². The molecule has 2 aliphatic rings. The summed E-state index contributed by atoms with van der Waals surface area (Å²) in [5.41, 5.74) is 6.42. The lowest BCUT2D eigenvalue weighted by Gasteiger charge is -2.52. The molecule has 2 rings (SSSR count). The molecule has 0 bridgehead atoms. The highest BCUT2D eigenvalue weighted by atomic mass is 16.5. The summed E-state index contributed by atoms with van der Waals surface area (Å²) in [7, 11) is 0. The van der Waals surface area contributed by atoms with Gasteiger partial charge in [-0.25, -0.2) is 0 Å². The fourth-order valence-electron chi connectivity index (χ4n) is 3.77. The van der Waals surface area contributed by atoms with Gasteiger partial charge < -0.3 is 10.5 Å². The number of ether oxygens (including phenoxy) is 1. The van der Waals surface area contributed by atoms with E-state index in [4.69, 9.17) is 10.5 Å². The zero-order chi connectivity index (χ0) is 13.9. The van der Waals surface area contributed by atoms with E-state index in [1.807, 2.05) is 0 Å². The van der Waals surface area contributed by atoms with Crippen LogP contribution in [0.5, 0.6) is 0 Å². The van der Waals surface area contributed by atoms with Gasteiger partial charge in [-0.1, -0.05) is 20.3 Å². The Bertz CT molecular complexity index is 292. The third kappa shape index (κ3) is 3.14. The fourth-order valence-corrected chi connectivity index (χ4v) is 3.77. The normalized spacial score (nSPS) is 36.5. The van der Waals surface area contributed by atoms with Crippen molar-refractivity contribution in [1.82, 2.24) is 4.90 Å². The Hall–Kier alpha value is -0.120. The van der Waals surface area contributed by atoms with E-state index >= 15 is 0 Å². The molecule has 3 heteroatoms. The largest absolute Gasteiger partial charge is 0.375 e. The fraction of sp³-hybridized carbons (Fsp3) is 1.00. The molecule has 2 N–H and O–H groups in total. The highest BCUT2D eigenvalue weighted by molar-refractivity contribution is 5.01. The van der Waals surface area contributed by atoms with Crippen LogP contribution in [0.1, 0.15) is 59.3 Å². The first-order chi connectivity index (χ1) is 9.07. The van der Waals surface area contributed by atoms with Gasteiger partial charge in [0.15, 0.2) is 0 Å². The van der Waals surface area contributed by atoms with Crippen LogP contribution in [0, 0.1) is 5.92 Å². The molecular formula is C16H32N2O. The van der Waals surface area contributed by atoms with Crippen molar-refractivity contribution in [2.24, 2.45) is 11.7 Å². The van der Waals surface area contributed by atoms with Gasteiger partial charge >= 0.3 is 0 Å². The van der Waals surface area contributed by atoms with E-state index < -0.39 is 0 Å². The van der Waals surface area contributed by atoms with Crippen molar-refractivity contribution >= 4 is 0 Å². The minimum absolute atomic E-state index is 0.0185. The second-order valence-electron chi connectivity index (χ2n) is 6.84. The average Bonchev–Trinajstić information content (AvgIpc) is 2.37. The second-order valence-corrected chi connectivity index (χ2v) is 6.84. The molecule has 0 aromatic carbocycles. The second kappa shape index (κ2) is 6.11. The molecule has 1 saturated carbocycles. The summed E-state index contributed by atoms with van der Waals surface area (Å²) in [5.74, 6) is 0.916. The van der Waals surface area contributed by atoms with Gasteiger partial charge in [0.1, 0.15) is 0 Å². The molecule has 1 aliphatic carbocycles. The Balaban J connectivity index is 2.09. The molecule has 19 heavy (non-hydrogen) atoms. The highest BCUT2D eigenvalue weighted by Crippen LogP contribution is 2.39. The first-order valence-corrected chi connectivity index (χ1v) is 8.16. The molecule has 0 spiro atoms. The maximum Gasteiger partial charge on any atom is 0.0670 e. The molecule has 0 aromatic rings. The van der Waals surface area contributed by atoms with E-state index in [2.05, 4.69) is 25.7 Å². The van der Waals surface area contributed by atoms with Gasteiger partial charge in [-0.3, -0.25) is 4.90 Å². The summed E-state index contributed by atoms with van der Waals surface area (Å²) in [6.07, 6.45) is 7.52. The number of hydrogen-bond acceptors (Lipinski definition) is 3. The number of hydrogen-bond donors (Lipinski definition) is 1. The Morgan fingerprint density at radius 1 is 1.32 bits per heavy atom. The lowest BCUT2D eigenvalue weighted by atomic mass is 9.76. The van der Waals surface area contributed by atoms with Crippen LogP contribution in [0.2, 0.25) is 0 Å². The minimum Gasteiger partial charge on any atom is -0.375 e. The Labute approximate surface area is 118 Å². The molecule has 0 aromatic heterocycles. The van der Waals surface area contributed by atoms with Gasteiger partial charge in [-0.15, -0.1) is 0 Å². The maximum absolute atomic E-state index is 6.23. The molecule has 1 saturated heterocycles. The Morgan fingerprint density at radius 2 is 2.05 bits per heavy atom. The Morgan fingerprint density at radius 3 is 2.53 bits per heavy atom. The molecule has 2 fully saturated rings. The van der Waals surface area contributed by atoms with Crippen LogP contribution in [-0.4, -0.2) is 42.3 Å². The van der Waals surface area contributed by atoms with Crippen LogP contribution in [0.25, 0.3) is 0 Å². The molecule has 1 heterocycles. The lowest BCUT2D eigenvalue weighted by Crippen LogP contribution is -2.62. The first-order valence-electron chi connectivity index (χ1n) is 8.16. The third-order valence-electron chi connectivity index (χ3n) is 5.60. The predicted octanol–water partition coefficient (Wildman–Crippen LogP) is 2.79. The predicted molar refractivity (Wildman–Crippen MR) is 80.3 cm³/mol. The summed E-state index contributed by atoms with van der Waals surface area (Å²) >= 11 is 0. The molecule has 112 valence electrons. The molecule has 3 nitrogen and oxygen atoms in total. The van der Waals surface area contributed by atoms with Gasteiger partial charge in [-0.2, -0.15) is 0 Å². The van der Waals surface area contributed by atoms with Gasteiger partial charge in [-0.05, 0) is 51.5 Å². The van der Waals surface area contributed by atoms with Crippen LogP contribution in [0.4, 0.5) is 0 Å². The monoisotopic (exact) mass is 268 g/mol. The molecular weight excluding hydrogens is 236 g/mol. The minimum atomic E-state index is 0.0185. The van der Waals surface area contributed by atoms with Crippen LogP contribution in [-0.2, 0) is 4.74 Å². The molecule has 0 amide bonds. The van der Waals surface area contributed by atoms with E-state index in [9.17, 15) is 0 Å². The summed E-state index contributed by atoms with van der Waals surface area (Å²) in [4.78, 5) is 2.67. The van der Waals surface area contributed by atoms with Gasteiger partial charge in [0.25, 0.3) is 0 Å². The average molecular weight is 268 g/mol. The SMILES string of the molecule is CCN(CC1CCC1)C1(CN)CCOC(C)(CC)C1. The standard InChI is InChI=1S/C16H32N2O/c1-4-15(3)12-16(13-17,9-10-19-15)18(5-2)11-14-7-6-8-14/h14H,4-13,17H2,1-3H3. The Kier molecular flexibility index (Phi) is 4.91. The van der Waals surface area contributed by atoms with Gasteiger partial charge in [0.05, 0.1) is 5.60 Å². The summed E-state index contributed by atoms with van der Waals surface area (Å²) in [5, 5.41) is 0. The maximum atomic E-state index is 6.23. The van der Waals surface area contributed by atoms with Crippen LogP contribution in [0.3, 0.4) is 0 Å². The van der Waals surface area contributed by atoms with Crippen molar-refractivity contribution in [3.05, 3.63) is 0 Å². The van der Waals surface area contributed by atoms with E-state index in [1.165, 1.54) is 25.8 Å². The highest BCUT2D eigenvalue weighted by Gasteiger charge is 2.45. The molecule has 0 radical (unpaired) electrons. The van der Waals surface area contributed by atoms with Crippen molar-refractivity contribution in [1.29, 1.82) is 0 Å². The van der Waals surface area contributed by atoms with Crippen LogP contribution in [0.15, 0.2) is 0 Å². The van der Waals surface area contributed by atoms with Crippen molar-refractivity contribution in [2.45, 2.75) is 70.4 Å². The van der Waals surface area contributed by atoms with E-state index in [0.29, 0.717) is 0 Å². The zero-order valence-corrected chi connectivity index (χ0v) is 13.1. The number of nitrogens with zero attached hydrogens (tertiary/aromatic N) is 1. The summed E-state index contributed by atoms with van der Waals surface area (Å²) < 4.78 is 6.03. The summed E-state index contributed by atoms with van der Waals surface area (Å²) in [6.45, 7) is 10.8. The number of nitrogens with two attached hydrogens (primary N) is 1. The van der Waals surface area contributed by atoms with Gasteiger partial charge in [0.2, 0.25) is 0 Å². The topological polar surface area (TPSA) is 38.5 Å². The van der Waals surface area contributed by atoms with E-state index in [1.54, 1.807) is 0 Å². The van der Waals surface area contributed by atoms with E-state index in [-0.39, 0.29) is 11.1 Å². The number of likely N-dealkylation sites (N-methyl/N-ethyl adjacent to an activating group) is 1. The van der Waals surface area contributed by atoms with Crippen molar-refractivity contribution in [2.75, 3.05) is 26.2 Å². The van der Waals surface area contributed by atoms with Crippen LogP contribution >= 0.6 is 0 Å². The summed E-state index contributed by atoms with van der Waals surface area (Å²) in [6, 6.07) is 0. The van der Waals surface area contributed by atoms with Crippen molar-refractivity contribution in [3.8, 4) is 0 Å². The van der Waals surface area contributed by atoms with Crippen LogP contribution < -0.4 is 5.73 Å². The lowest BCUT2D eigenvalue weighted by molar-refractivity contribution is -0.131. The molecule has 2 unspecified atom stereocenters. The molecule has 1 aliphatic heterocycles. The zero-order valence-electron chi connectivity index (χ0n) is 13.1. The smallest absolute Gasteiger partial charge is 0.0670 e. The first kappa shape index (κ1) is 15.3. The molecule has 2 atom stereocenters. The third-order valence-corrected chi connectivity index (χ3v) is 5.60.